The molecule has 1 aliphatic heterocycles. The molecule has 3 aromatic rings. The van der Waals surface area contributed by atoms with E-state index in [-0.39, 0.29) is 17.6 Å². The first kappa shape index (κ1) is 19.0. The van der Waals surface area contributed by atoms with E-state index in [0.29, 0.717) is 35.0 Å². The quantitative estimate of drug-likeness (QED) is 0.648. The third-order valence-electron chi connectivity index (χ3n) is 4.30. The first-order valence-electron chi connectivity index (χ1n) is 8.94. The molecule has 0 spiro atoms. The Bertz CT molecular complexity index is 1050. The number of rotatable bonds is 5. The maximum atomic E-state index is 12.9. The fourth-order valence-electron chi connectivity index (χ4n) is 2.82. The van der Waals surface area contributed by atoms with Gasteiger partial charge in [0.05, 0.1) is 11.4 Å². The molecule has 0 saturated carbocycles. The lowest BCUT2D eigenvalue weighted by molar-refractivity contribution is -0.113. The molecule has 1 aliphatic rings. The summed E-state index contributed by atoms with van der Waals surface area (Å²) < 4.78 is 18.6. The first-order valence-corrected chi connectivity index (χ1v) is 9.93. The third kappa shape index (κ3) is 4.75. The van der Waals surface area contributed by atoms with Crippen molar-refractivity contribution in [1.29, 1.82) is 0 Å². The summed E-state index contributed by atoms with van der Waals surface area (Å²) in [7, 11) is 0. The number of halogens is 1. The highest BCUT2D eigenvalue weighted by atomic mass is 32.2. The van der Waals surface area contributed by atoms with Gasteiger partial charge in [-0.3, -0.25) is 9.59 Å². The van der Waals surface area contributed by atoms with E-state index >= 15 is 0 Å². The maximum Gasteiger partial charge on any atom is 0.251 e. The molecule has 146 valence electrons. The molecule has 0 radical (unpaired) electrons. The van der Waals surface area contributed by atoms with Gasteiger partial charge in [-0.1, -0.05) is 12.1 Å². The molecule has 4 rings (SSSR count). The van der Waals surface area contributed by atoms with Crippen LogP contribution in [0.4, 0.5) is 10.1 Å². The SMILES string of the molecule is O=C1CSc2ccc(C(=O)NCc3ccc(Oc4ccc(F)cc4)cc3)cc2N1. The lowest BCUT2D eigenvalue weighted by Gasteiger charge is -2.17. The number of nitrogens with one attached hydrogen (secondary N) is 2. The standard InChI is InChI=1S/C22H17FN2O3S/c23-16-4-8-18(9-5-16)28-17-6-1-14(2-7-17)12-24-22(27)15-3-10-20-19(11-15)25-21(26)13-29-20/h1-11H,12-13H2,(H,24,27)(H,25,26). The van der Waals surface area contributed by atoms with Gasteiger partial charge in [0.1, 0.15) is 17.3 Å². The van der Waals surface area contributed by atoms with Gasteiger partial charge >= 0.3 is 0 Å². The van der Waals surface area contributed by atoms with Gasteiger partial charge in [0.25, 0.3) is 5.91 Å². The number of ether oxygens (including phenoxy) is 1. The van der Waals surface area contributed by atoms with E-state index in [9.17, 15) is 14.0 Å². The van der Waals surface area contributed by atoms with Crippen molar-refractivity contribution < 1.29 is 18.7 Å². The average molecular weight is 408 g/mol. The predicted octanol–water partition coefficient (Wildman–Crippen LogP) is 4.59. The second kappa shape index (κ2) is 8.36. The fourth-order valence-corrected chi connectivity index (χ4v) is 3.61. The van der Waals surface area contributed by atoms with Crippen LogP contribution in [0.5, 0.6) is 11.5 Å². The summed E-state index contributed by atoms with van der Waals surface area (Å²) in [4.78, 5) is 24.9. The van der Waals surface area contributed by atoms with Crippen LogP contribution in [0.25, 0.3) is 0 Å². The summed E-state index contributed by atoms with van der Waals surface area (Å²) in [5.74, 6) is 0.954. The van der Waals surface area contributed by atoms with Gasteiger partial charge in [-0.2, -0.15) is 0 Å². The molecule has 2 amide bonds. The van der Waals surface area contributed by atoms with Crippen LogP contribution in [0.3, 0.4) is 0 Å². The average Bonchev–Trinajstić information content (AvgIpc) is 2.74. The summed E-state index contributed by atoms with van der Waals surface area (Å²) >= 11 is 1.46. The van der Waals surface area contributed by atoms with Crippen molar-refractivity contribution in [1.82, 2.24) is 5.32 Å². The molecule has 0 aromatic heterocycles. The second-order valence-electron chi connectivity index (χ2n) is 6.43. The van der Waals surface area contributed by atoms with Gasteiger partial charge in [0, 0.05) is 17.0 Å². The number of carbonyl (C=O) groups is 2. The topological polar surface area (TPSA) is 67.4 Å². The molecule has 7 heteroatoms. The van der Waals surface area contributed by atoms with Crippen LogP contribution in [0, 0.1) is 5.82 Å². The van der Waals surface area contributed by atoms with Gasteiger partial charge in [-0.25, -0.2) is 4.39 Å². The summed E-state index contributed by atoms with van der Waals surface area (Å²) in [6, 6.07) is 18.3. The number of amides is 2. The molecule has 0 saturated heterocycles. The molecule has 0 fully saturated rings. The molecule has 29 heavy (non-hydrogen) atoms. The van der Waals surface area contributed by atoms with Crippen LogP contribution >= 0.6 is 11.8 Å². The van der Waals surface area contributed by atoms with E-state index < -0.39 is 0 Å². The maximum absolute atomic E-state index is 12.9. The zero-order valence-corrected chi connectivity index (χ0v) is 16.1. The Kier molecular flexibility index (Phi) is 5.48. The van der Waals surface area contributed by atoms with E-state index in [2.05, 4.69) is 10.6 Å². The normalized spacial score (nSPS) is 12.7. The van der Waals surface area contributed by atoms with Crippen molar-refractivity contribution in [2.45, 2.75) is 11.4 Å². The van der Waals surface area contributed by atoms with Crippen LogP contribution in [0.1, 0.15) is 15.9 Å². The van der Waals surface area contributed by atoms with Gasteiger partial charge in [0.2, 0.25) is 5.91 Å². The van der Waals surface area contributed by atoms with Crippen molar-refractivity contribution in [3.63, 3.8) is 0 Å². The molecule has 0 atom stereocenters. The highest BCUT2D eigenvalue weighted by Crippen LogP contribution is 2.32. The van der Waals surface area contributed by atoms with Gasteiger partial charge in [0.15, 0.2) is 0 Å². The van der Waals surface area contributed by atoms with Crippen molar-refractivity contribution in [3.05, 3.63) is 83.7 Å². The largest absolute Gasteiger partial charge is 0.457 e. The molecular weight excluding hydrogens is 391 g/mol. The Labute approximate surface area is 171 Å². The summed E-state index contributed by atoms with van der Waals surface area (Å²) in [5.41, 5.74) is 2.07. The minimum Gasteiger partial charge on any atom is -0.457 e. The van der Waals surface area contributed by atoms with Gasteiger partial charge < -0.3 is 15.4 Å². The number of fused-ring (bicyclic) bond motifs is 1. The van der Waals surface area contributed by atoms with Crippen LogP contribution in [0.2, 0.25) is 0 Å². The first-order chi connectivity index (χ1) is 14.1. The molecule has 0 bridgehead atoms. The zero-order valence-electron chi connectivity index (χ0n) is 15.3. The Morgan fingerprint density at radius 3 is 2.45 bits per heavy atom. The Morgan fingerprint density at radius 2 is 1.72 bits per heavy atom. The molecule has 3 aromatic carbocycles. The van der Waals surface area contributed by atoms with E-state index in [0.717, 1.165) is 10.5 Å². The predicted molar refractivity (Wildman–Crippen MR) is 110 cm³/mol. The van der Waals surface area contributed by atoms with E-state index in [1.54, 1.807) is 36.4 Å². The second-order valence-corrected chi connectivity index (χ2v) is 7.45. The highest BCUT2D eigenvalue weighted by Gasteiger charge is 2.17. The van der Waals surface area contributed by atoms with Crippen molar-refractivity contribution in [2.24, 2.45) is 0 Å². The number of hydrogen-bond acceptors (Lipinski definition) is 4. The van der Waals surface area contributed by atoms with Crippen LogP contribution < -0.4 is 15.4 Å². The van der Waals surface area contributed by atoms with Crippen LogP contribution in [0.15, 0.2) is 71.6 Å². The monoisotopic (exact) mass is 408 g/mol. The Balaban J connectivity index is 1.35. The molecule has 1 heterocycles. The van der Waals surface area contributed by atoms with Crippen LogP contribution in [-0.4, -0.2) is 17.6 Å². The molecule has 0 unspecified atom stereocenters. The summed E-state index contributed by atoms with van der Waals surface area (Å²) in [6.07, 6.45) is 0. The lowest BCUT2D eigenvalue weighted by atomic mass is 10.1. The number of benzene rings is 3. The highest BCUT2D eigenvalue weighted by molar-refractivity contribution is 8.00. The number of anilines is 1. The lowest BCUT2D eigenvalue weighted by Crippen LogP contribution is -2.24. The van der Waals surface area contributed by atoms with Crippen molar-refractivity contribution >= 4 is 29.3 Å². The van der Waals surface area contributed by atoms with Crippen molar-refractivity contribution in [2.75, 3.05) is 11.1 Å². The van der Waals surface area contributed by atoms with Crippen LogP contribution in [-0.2, 0) is 11.3 Å². The van der Waals surface area contributed by atoms with E-state index in [1.807, 2.05) is 18.2 Å². The Hall–Kier alpha value is -3.32. The number of carbonyl (C=O) groups excluding carboxylic acids is 2. The number of hydrogen-bond donors (Lipinski definition) is 2. The van der Waals surface area contributed by atoms with Gasteiger partial charge in [-0.15, -0.1) is 11.8 Å². The van der Waals surface area contributed by atoms with Gasteiger partial charge in [-0.05, 0) is 60.2 Å². The minimum absolute atomic E-state index is 0.0667. The van der Waals surface area contributed by atoms with Crippen molar-refractivity contribution in [3.8, 4) is 11.5 Å². The number of thioether (sulfide) groups is 1. The molecule has 2 N–H and O–H groups in total. The molecule has 0 aliphatic carbocycles. The smallest absolute Gasteiger partial charge is 0.251 e. The summed E-state index contributed by atoms with van der Waals surface area (Å²) in [6.45, 7) is 0.355. The summed E-state index contributed by atoms with van der Waals surface area (Å²) in [5, 5.41) is 5.65. The minimum atomic E-state index is -0.316. The fraction of sp³-hybridized carbons (Fsp3) is 0.0909. The zero-order chi connectivity index (χ0) is 20.2. The van der Waals surface area contributed by atoms with E-state index in [4.69, 9.17) is 4.74 Å². The van der Waals surface area contributed by atoms with E-state index in [1.165, 1.54) is 23.9 Å². The molecule has 5 nitrogen and oxygen atoms in total. The Morgan fingerprint density at radius 1 is 1.03 bits per heavy atom. The molecular formula is C22H17FN2O3S. The third-order valence-corrected chi connectivity index (χ3v) is 5.37.